The van der Waals surface area contributed by atoms with Crippen LogP contribution in [0.4, 0.5) is 0 Å². The van der Waals surface area contributed by atoms with Crippen LogP contribution in [0.2, 0.25) is 0 Å². The topological polar surface area (TPSA) is 137 Å². The average molecular weight is 901 g/mol. The molecule has 2 saturated heterocycles. The van der Waals surface area contributed by atoms with E-state index in [2.05, 4.69) is 97.3 Å². The number of carbonyl (C=O) groups is 2. The summed E-state index contributed by atoms with van der Waals surface area (Å²) in [5.74, 6) is 0.695. The Kier molecular flexibility index (Phi) is 6.82. The van der Waals surface area contributed by atoms with Gasteiger partial charge in [-0.05, 0) is 74.4 Å². The van der Waals surface area contributed by atoms with E-state index < -0.39 is 29.9 Å². The van der Waals surface area contributed by atoms with E-state index >= 15 is 0 Å². The number of aromatic nitrogens is 4. The highest BCUT2D eigenvalue weighted by atomic mass is 16.6. The molecule has 1 spiro atoms. The Bertz CT molecular complexity index is 4060. The molecule has 1 aliphatic carbocycles. The Balaban J connectivity index is 0.000000119. The number of hydrogen-bond acceptors (Lipinski definition) is 6. The normalized spacial score (nSPS) is 29.5. The maximum absolute atomic E-state index is 13.3. The standard InChI is InChI=1S/C30H27N3O2.C26H21N3O4/c1-16-11-12-30(13-16)14-22-32-20-9-5-3-7-17(20)24-25-19(15-31-28(25)34)23-18-8-4-6-10-21(18)33(27(23)26(24)32)29(30,2)35-22;1-25-26(32,12-30)10-18(33-25)28-16-8-4-2-6-13(16)20-21-15(11-27-24(21)31)19-14-7-3-5-9-17(14)29(25)23(19)22(20)28/h3-10,16,22H,11-15H2,1-2H3,(H,31,34);2-9,18,30,32H,10-12H2,1H3,(H,27,31)/t16?,22-,29+,30?;18-,25+,26+/m11/s1. The van der Waals surface area contributed by atoms with Crippen LogP contribution in [0.1, 0.15) is 97.2 Å². The van der Waals surface area contributed by atoms with E-state index in [1.54, 1.807) is 0 Å². The van der Waals surface area contributed by atoms with Crippen LogP contribution in [0.25, 0.3) is 87.2 Å². The molecule has 4 bridgehead atoms. The van der Waals surface area contributed by atoms with Crippen LogP contribution < -0.4 is 10.6 Å². The monoisotopic (exact) mass is 900 g/mol. The zero-order valence-corrected chi connectivity index (χ0v) is 37.9. The molecule has 12 heteroatoms. The third-order valence-corrected chi connectivity index (χ3v) is 18.2. The minimum absolute atomic E-state index is 0.0444. The summed E-state index contributed by atoms with van der Waals surface area (Å²) in [5, 5.41) is 37.0. The fourth-order valence-electron chi connectivity index (χ4n) is 15.3. The van der Waals surface area contributed by atoms with Crippen molar-refractivity contribution in [1.29, 1.82) is 0 Å². The molecule has 4 aromatic heterocycles. The van der Waals surface area contributed by atoms with Crippen molar-refractivity contribution >= 4 is 99.0 Å². The summed E-state index contributed by atoms with van der Waals surface area (Å²) in [5.41, 5.74) is 9.26. The highest BCUT2D eigenvalue weighted by Gasteiger charge is 2.63. The molecular formula is C56H48N6O6. The van der Waals surface area contributed by atoms with Crippen molar-refractivity contribution in [3.05, 3.63) is 119 Å². The lowest BCUT2D eigenvalue weighted by Gasteiger charge is -2.41. The first-order valence-electron chi connectivity index (χ1n) is 24.3. The van der Waals surface area contributed by atoms with E-state index in [1.807, 2.05) is 49.4 Å². The van der Waals surface area contributed by atoms with E-state index in [4.69, 9.17) is 9.47 Å². The maximum atomic E-state index is 13.3. The fraction of sp³-hybridized carbons (Fsp3) is 0.321. The summed E-state index contributed by atoms with van der Waals surface area (Å²) in [6, 6.07) is 33.5. The van der Waals surface area contributed by atoms with Crippen molar-refractivity contribution in [2.24, 2.45) is 11.3 Å². The summed E-state index contributed by atoms with van der Waals surface area (Å²) in [7, 11) is 0. The number of para-hydroxylation sites is 4. The number of ether oxygens (including phenoxy) is 2. The molecule has 3 fully saturated rings. The SMILES string of the molecule is CC1CCC2(C1)C[C@H]1O[C@]2(C)n2c3ccccc3c3c4c(c5c6ccccc6n1c5c32)C(=O)NC4.C[C@]12O[C@H](C[C@]1(O)CO)n1c3ccccc3c3c4c(c5c6ccccc6n2c5c31)CNC4=O. The van der Waals surface area contributed by atoms with Crippen LogP contribution in [0.3, 0.4) is 0 Å². The number of aliphatic hydroxyl groups excluding tert-OH is 1. The zero-order chi connectivity index (χ0) is 45.5. The summed E-state index contributed by atoms with van der Waals surface area (Å²) >= 11 is 0. The second-order valence-electron chi connectivity index (χ2n) is 21.3. The van der Waals surface area contributed by atoms with Crippen LogP contribution in [-0.2, 0) is 34.0 Å². The van der Waals surface area contributed by atoms with E-state index in [9.17, 15) is 19.8 Å². The Morgan fingerprint density at radius 1 is 0.588 bits per heavy atom. The minimum atomic E-state index is -1.48. The molecule has 17 rings (SSSR count). The molecule has 7 aliphatic rings. The van der Waals surface area contributed by atoms with E-state index in [-0.39, 0.29) is 29.9 Å². The van der Waals surface area contributed by atoms with Gasteiger partial charge in [-0.2, -0.15) is 0 Å². The van der Waals surface area contributed by atoms with Crippen LogP contribution in [0, 0.1) is 11.3 Å². The van der Waals surface area contributed by atoms with E-state index in [0.29, 0.717) is 19.0 Å². The summed E-state index contributed by atoms with van der Waals surface area (Å²) in [6.07, 6.45) is 4.36. The number of nitrogens with one attached hydrogen (secondary N) is 2. The highest BCUT2D eigenvalue weighted by molar-refractivity contribution is 6.32. The first kappa shape index (κ1) is 38.3. The van der Waals surface area contributed by atoms with Crippen molar-refractivity contribution in [1.82, 2.24) is 28.9 Å². The molecule has 6 aromatic carbocycles. The lowest BCUT2D eigenvalue weighted by atomic mass is 9.74. The molecule has 338 valence electrons. The molecule has 12 nitrogen and oxygen atoms in total. The van der Waals surface area contributed by atoms with Gasteiger partial charge in [-0.1, -0.05) is 79.7 Å². The quantitative estimate of drug-likeness (QED) is 0.130. The summed E-state index contributed by atoms with van der Waals surface area (Å²) < 4.78 is 23.2. The number of fused-ring (bicyclic) bond motifs is 27. The summed E-state index contributed by atoms with van der Waals surface area (Å²) in [4.78, 5) is 26.5. The number of rotatable bonds is 1. The molecular weight excluding hydrogens is 853 g/mol. The first-order chi connectivity index (χ1) is 33.0. The Morgan fingerprint density at radius 3 is 1.51 bits per heavy atom. The van der Waals surface area contributed by atoms with Gasteiger partial charge in [0, 0.05) is 74.4 Å². The molecule has 2 amide bonds. The summed E-state index contributed by atoms with van der Waals surface area (Å²) in [6.45, 7) is 7.24. The van der Waals surface area contributed by atoms with Crippen LogP contribution in [0.5, 0.6) is 0 Å². The molecule has 7 atom stereocenters. The van der Waals surface area contributed by atoms with E-state index in [0.717, 1.165) is 83.1 Å². The number of nitrogens with zero attached hydrogens (tertiary/aromatic N) is 4. The van der Waals surface area contributed by atoms with E-state index in [1.165, 1.54) is 52.1 Å². The molecule has 0 radical (unpaired) electrons. The first-order valence-corrected chi connectivity index (χ1v) is 24.3. The van der Waals surface area contributed by atoms with Gasteiger partial charge < -0.3 is 48.6 Å². The van der Waals surface area contributed by atoms with Crippen molar-refractivity contribution < 1.29 is 29.3 Å². The number of carbonyl (C=O) groups excluding carboxylic acids is 2. The number of amides is 2. The Labute approximate surface area is 388 Å². The predicted molar refractivity (Wildman–Crippen MR) is 261 cm³/mol. The minimum Gasteiger partial charge on any atom is -0.393 e. The van der Waals surface area contributed by atoms with Gasteiger partial charge in [0.1, 0.15) is 18.1 Å². The molecule has 68 heavy (non-hydrogen) atoms. The fourth-order valence-corrected chi connectivity index (χ4v) is 15.3. The average Bonchev–Trinajstić information content (AvgIpc) is 4.23. The van der Waals surface area contributed by atoms with Gasteiger partial charge in [0.25, 0.3) is 11.8 Å². The lowest BCUT2D eigenvalue weighted by molar-refractivity contribution is -0.189. The number of benzene rings is 6. The third kappa shape index (κ3) is 4.04. The number of aliphatic hydroxyl groups is 2. The second-order valence-corrected chi connectivity index (χ2v) is 21.3. The van der Waals surface area contributed by atoms with Gasteiger partial charge >= 0.3 is 0 Å². The van der Waals surface area contributed by atoms with Crippen LogP contribution in [-0.4, -0.2) is 52.5 Å². The maximum Gasteiger partial charge on any atom is 0.252 e. The van der Waals surface area contributed by atoms with Crippen molar-refractivity contribution in [3.63, 3.8) is 0 Å². The largest absolute Gasteiger partial charge is 0.393 e. The van der Waals surface area contributed by atoms with Crippen LogP contribution >= 0.6 is 0 Å². The van der Waals surface area contributed by atoms with Gasteiger partial charge in [0.05, 0.1) is 61.9 Å². The molecule has 6 aliphatic heterocycles. The number of hydrogen-bond donors (Lipinski definition) is 4. The Morgan fingerprint density at radius 2 is 1.03 bits per heavy atom. The predicted octanol–water partition coefficient (Wildman–Crippen LogP) is 10.0. The Hall–Kier alpha value is -6.70. The molecule has 2 unspecified atom stereocenters. The molecule has 1 saturated carbocycles. The second kappa shape index (κ2) is 12.1. The zero-order valence-electron chi connectivity index (χ0n) is 37.9. The third-order valence-electron chi connectivity index (χ3n) is 18.2. The van der Waals surface area contributed by atoms with Gasteiger partial charge in [0.15, 0.2) is 11.4 Å². The van der Waals surface area contributed by atoms with Gasteiger partial charge in [-0.25, -0.2) is 0 Å². The van der Waals surface area contributed by atoms with Crippen molar-refractivity contribution in [2.75, 3.05) is 6.61 Å². The van der Waals surface area contributed by atoms with Crippen molar-refractivity contribution in [3.8, 4) is 0 Å². The van der Waals surface area contributed by atoms with Crippen molar-refractivity contribution in [2.45, 2.75) is 95.5 Å². The molecule has 10 aromatic rings. The van der Waals surface area contributed by atoms with Gasteiger partial charge in [-0.3, -0.25) is 9.59 Å². The van der Waals surface area contributed by atoms with Gasteiger partial charge in [-0.15, -0.1) is 0 Å². The highest BCUT2D eigenvalue weighted by Crippen LogP contribution is 2.67. The van der Waals surface area contributed by atoms with Gasteiger partial charge in [0.2, 0.25) is 0 Å². The molecule has 4 N–H and O–H groups in total. The smallest absolute Gasteiger partial charge is 0.252 e. The molecule has 10 heterocycles. The lowest BCUT2D eigenvalue weighted by Crippen LogP contribution is -2.53. The van der Waals surface area contributed by atoms with Crippen LogP contribution in [0.15, 0.2) is 97.1 Å².